The lowest BCUT2D eigenvalue weighted by Crippen LogP contribution is -2.40. The highest BCUT2D eigenvalue weighted by atomic mass is 32.1. The van der Waals surface area contributed by atoms with E-state index in [1.54, 1.807) is 11.4 Å². The van der Waals surface area contributed by atoms with Crippen LogP contribution in [0.5, 0.6) is 0 Å². The van der Waals surface area contributed by atoms with E-state index in [-0.39, 0.29) is 0 Å². The third kappa shape index (κ3) is 5.33. The smallest absolute Gasteiger partial charge is 0.349 e. The topological polar surface area (TPSA) is 84.5 Å². The van der Waals surface area contributed by atoms with Gasteiger partial charge in [0.05, 0.1) is 12.2 Å². The molecule has 0 aliphatic carbocycles. The summed E-state index contributed by atoms with van der Waals surface area (Å²) in [6.07, 6.45) is -1.22. The van der Waals surface area contributed by atoms with E-state index >= 15 is 0 Å². The third-order valence-corrected chi connectivity index (χ3v) is 5.22. The first-order chi connectivity index (χ1) is 15.3. The normalized spacial score (nSPS) is 11.5. The molecule has 10 heteroatoms. The van der Waals surface area contributed by atoms with Gasteiger partial charge in [0, 0.05) is 5.56 Å². The van der Waals surface area contributed by atoms with Gasteiger partial charge in [0.1, 0.15) is 4.88 Å². The maximum atomic E-state index is 13.6. The first kappa shape index (κ1) is 23.0. The molecule has 3 rings (SSSR count). The van der Waals surface area contributed by atoms with Crippen LogP contribution in [0.25, 0.3) is 11.1 Å². The number of carbonyl (C=O) groups is 3. The third-order valence-electron chi connectivity index (χ3n) is 4.32. The van der Waals surface area contributed by atoms with E-state index in [4.69, 9.17) is 4.74 Å². The van der Waals surface area contributed by atoms with Gasteiger partial charge in [0.2, 0.25) is 5.91 Å². The number of halogens is 3. The fraction of sp³-hybridized carbons (Fsp3) is 0.136. The van der Waals surface area contributed by atoms with Crippen molar-refractivity contribution >= 4 is 34.8 Å². The molecule has 0 saturated carbocycles. The second kappa shape index (κ2) is 10.1. The van der Waals surface area contributed by atoms with Gasteiger partial charge in [-0.1, -0.05) is 30.3 Å². The number of carbonyl (C=O) groups excluding carboxylic acids is 3. The summed E-state index contributed by atoms with van der Waals surface area (Å²) in [5.74, 6) is -7.03. The van der Waals surface area contributed by atoms with Crippen LogP contribution in [0.1, 0.15) is 16.6 Å². The van der Waals surface area contributed by atoms with Gasteiger partial charge in [-0.05, 0) is 36.1 Å². The van der Waals surface area contributed by atoms with Crippen LogP contribution in [0.15, 0.2) is 53.9 Å². The van der Waals surface area contributed by atoms with E-state index in [0.29, 0.717) is 16.5 Å². The zero-order valence-corrected chi connectivity index (χ0v) is 17.5. The molecule has 32 heavy (non-hydrogen) atoms. The summed E-state index contributed by atoms with van der Waals surface area (Å²) >= 11 is 1.17. The average Bonchev–Trinajstić information content (AvgIpc) is 3.28. The molecule has 0 aliphatic rings. The summed E-state index contributed by atoms with van der Waals surface area (Å²) in [6.45, 7) is 0.726. The molecule has 0 bridgehead atoms. The molecule has 0 fully saturated rings. The highest BCUT2D eigenvalue weighted by Crippen LogP contribution is 2.29. The maximum absolute atomic E-state index is 13.6. The van der Waals surface area contributed by atoms with Crippen molar-refractivity contribution in [1.82, 2.24) is 5.32 Å². The first-order valence-electron chi connectivity index (χ1n) is 9.33. The summed E-state index contributed by atoms with van der Waals surface area (Å²) in [4.78, 5) is 36.9. The average molecular weight is 462 g/mol. The highest BCUT2D eigenvalue weighted by molar-refractivity contribution is 7.12. The zero-order chi connectivity index (χ0) is 23.3. The van der Waals surface area contributed by atoms with Gasteiger partial charge < -0.3 is 15.4 Å². The second-order valence-electron chi connectivity index (χ2n) is 6.57. The zero-order valence-electron chi connectivity index (χ0n) is 16.7. The minimum atomic E-state index is -1.73. The molecule has 1 heterocycles. The number of nitrogens with one attached hydrogen (secondary N) is 2. The predicted octanol–water partition coefficient (Wildman–Crippen LogP) is 4.13. The first-order valence-corrected chi connectivity index (χ1v) is 10.2. The quantitative estimate of drug-likeness (QED) is 0.409. The van der Waals surface area contributed by atoms with Crippen LogP contribution >= 0.6 is 11.3 Å². The minimum Gasteiger partial charge on any atom is -0.448 e. The Morgan fingerprint density at radius 2 is 1.72 bits per heavy atom. The van der Waals surface area contributed by atoms with E-state index in [1.807, 2.05) is 35.6 Å². The maximum Gasteiger partial charge on any atom is 0.349 e. The Morgan fingerprint density at radius 1 is 1.00 bits per heavy atom. The molecule has 0 spiro atoms. The Kier molecular flexibility index (Phi) is 7.26. The fourth-order valence-electron chi connectivity index (χ4n) is 2.71. The molecule has 2 aromatic carbocycles. The molecule has 0 saturated heterocycles. The summed E-state index contributed by atoms with van der Waals surface area (Å²) in [5.41, 5.74) is 0.911. The molecule has 3 aromatic rings. The van der Waals surface area contributed by atoms with Crippen molar-refractivity contribution in [2.75, 3.05) is 11.9 Å². The number of anilines is 1. The lowest BCUT2D eigenvalue weighted by molar-refractivity contribution is -0.130. The van der Waals surface area contributed by atoms with Crippen LogP contribution < -0.4 is 10.6 Å². The number of thiophene rings is 1. The van der Waals surface area contributed by atoms with Crippen LogP contribution in [-0.2, 0) is 14.3 Å². The van der Waals surface area contributed by atoms with Gasteiger partial charge in [-0.15, -0.1) is 11.3 Å². The van der Waals surface area contributed by atoms with Crippen LogP contribution in [0.2, 0.25) is 0 Å². The number of amides is 2. The fourth-order valence-corrected chi connectivity index (χ4v) is 3.51. The molecule has 1 atom stereocenters. The van der Waals surface area contributed by atoms with Crippen LogP contribution in [0.4, 0.5) is 18.9 Å². The predicted molar refractivity (Wildman–Crippen MR) is 113 cm³/mol. The van der Waals surface area contributed by atoms with E-state index in [2.05, 4.69) is 5.32 Å². The standard InChI is InChI=1S/C22H17F3N2O4S/c1-12(31-22(30)20-14(9-10-32-20)13-5-3-2-4-6-13)21(29)26-11-17(28)27-16-8-7-15(23)18(24)19(16)25/h2-10,12H,11H2,1H3,(H,26,29)(H,27,28). The lowest BCUT2D eigenvalue weighted by Gasteiger charge is -2.14. The van der Waals surface area contributed by atoms with E-state index < -0.39 is 53.6 Å². The number of benzene rings is 2. The molecule has 0 aliphatic heterocycles. The summed E-state index contributed by atoms with van der Waals surface area (Å²) < 4.78 is 45.0. The van der Waals surface area contributed by atoms with Gasteiger partial charge in [0.15, 0.2) is 23.6 Å². The molecule has 6 nitrogen and oxygen atoms in total. The molecule has 2 amide bonds. The van der Waals surface area contributed by atoms with Crippen molar-refractivity contribution in [3.8, 4) is 11.1 Å². The van der Waals surface area contributed by atoms with Crippen LogP contribution in [0.3, 0.4) is 0 Å². The van der Waals surface area contributed by atoms with Crippen molar-refractivity contribution in [2.24, 2.45) is 0 Å². The summed E-state index contributed by atoms with van der Waals surface area (Å²) in [7, 11) is 0. The highest BCUT2D eigenvalue weighted by Gasteiger charge is 2.23. The SMILES string of the molecule is CC(OC(=O)c1sccc1-c1ccccc1)C(=O)NCC(=O)Nc1ccc(F)c(F)c1F. The molecular formula is C22H17F3N2O4S. The van der Waals surface area contributed by atoms with Gasteiger partial charge in [-0.3, -0.25) is 9.59 Å². The van der Waals surface area contributed by atoms with Crippen molar-refractivity contribution in [3.63, 3.8) is 0 Å². The van der Waals surface area contributed by atoms with Crippen molar-refractivity contribution < 1.29 is 32.3 Å². The van der Waals surface area contributed by atoms with Crippen molar-refractivity contribution in [3.05, 3.63) is 76.2 Å². The lowest BCUT2D eigenvalue weighted by atomic mass is 10.1. The Labute approximate surface area is 185 Å². The number of hydrogen-bond acceptors (Lipinski definition) is 5. The molecule has 0 radical (unpaired) electrons. The number of rotatable bonds is 7. The van der Waals surface area contributed by atoms with E-state index in [0.717, 1.165) is 11.6 Å². The molecule has 2 N–H and O–H groups in total. The van der Waals surface area contributed by atoms with Crippen molar-refractivity contribution in [2.45, 2.75) is 13.0 Å². The van der Waals surface area contributed by atoms with E-state index in [1.165, 1.54) is 18.3 Å². The van der Waals surface area contributed by atoms with Crippen LogP contribution in [0, 0.1) is 17.5 Å². The van der Waals surface area contributed by atoms with Gasteiger partial charge in [0.25, 0.3) is 5.91 Å². The summed E-state index contributed by atoms with van der Waals surface area (Å²) in [5, 5.41) is 5.98. The summed E-state index contributed by atoms with van der Waals surface area (Å²) in [6, 6.07) is 12.4. The Morgan fingerprint density at radius 3 is 2.44 bits per heavy atom. The second-order valence-corrected chi connectivity index (χ2v) is 7.48. The number of ether oxygens (including phenoxy) is 1. The number of hydrogen-bond donors (Lipinski definition) is 2. The van der Waals surface area contributed by atoms with Gasteiger partial charge in [-0.25, -0.2) is 18.0 Å². The molecule has 166 valence electrons. The largest absolute Gasteiger partial charge is 0.448 e. The Balaban J connectivity index is 1.54. The van der Waals surface area contributed by atoms with Gasteiger partial charge >= 0.3 is 5.97 Å². The minimum absolute atomic E-state index is 0.322. The van der Waals surface area contributed by atoms with Gasteiger partial charge in [-0.2, -0.15) is 0 Å². The Bertz CT molecular complexity index is 1150. The molecular weight excluding hydrogens is 445 g/mol. The van der Waals surface area contributed by atoms with Crippen molar-refractivity contribution in [1.29, 1.82) is 0 Å². The molecule has 1 aromatic heterocycles. The van der Waals surface area contributed by atoms with E-state index in [9.17, 15) is 27.6 Å². The number of esters is 1. The van der Waals surface area contributed by atoms with Crippen LogP contribution in [-0.4, -0.2) is 30.4 Å². The monoisotopic (exact) mass is 462 g/mol. The molecule has 1 unspecified atom stereocenters. The Hall–Kier alpha value is -3.66.